The molecule has 0 aliphatic heterocycles. The topological polar surface area (TPSA) is 0 Å². The Morgan fingerprint density at radius 1 is 0.900 bits per heavy atom. The van der Waals surface area contributed by atoms with E-state index >= 15 is 0 Å². The summed E-state index contributed by atoms with van der Waals surface area (Å²) in [7, 11) is 0. The van der Waals surface area contributed by atoms with Gasteiger partial charge in [0.1, 0.15) is 0 Å². The van der Waals surface area contributed by atoms with Gasteiger partial charge in [0, 0.05) is 0 Å². The molecule has 0 aromatic heterocycles. The quantitative estimate of drug-likeness (QED) is 0.264. The third kappa shape index (κ3) is 7.92. The molecular weight excluding hydrogens is 240 g/mol. The normalized spacial score (nSPS) is 22.6. The van der Waals surface area contributed by atoms with Crippen LogP contribution in [0.4, 0.5) is 0 Å². The van der Waals surface area contributed by atoms with Crippen LogP contribution in [0.25, 0.3) is 0 Å². The molecule has 20 heavy (non-hydrogen) atoms. The molecule has 0 saturated heterocycles. The molecule has 1 rings (SSSR count). The summed E-state index contributed by atoms with van der Waals surface area (Å²) >= 11 is 0. The lowest BCUT2D eigenvalue weighted by molar-refractivity contribution is 0.327. The number of unbranched alkanes of at least 4 members (excludes halogenated alkanes) is 6. The summed E-state index contributed by atoms with van der Waals surface area (Å²) in [5.74, 6) is 2.10. The maximum atomic E-state index is 3.72. The van der Waals surface area contributed by atoms with Crippen molar-refractivity contribution in [2.24, 2.45) is 11.8 Å². The molecule has 2 atom stereocenters. The van der Waals surface area contributed by atoms with Gasteiger partial charge in [0.25, 0.3) is 0 Å². The van der Waals surface area contributed by atoms with Crippen molar-refractivity contribution in [2.45, 2.75) is 90.4 Å². The summed E-state index contributed by atoms with van der Waals surface area (Å²) in [6.45, 7) is 6.02. The van der Waals surface area contributed by atoms with Crippen LogP contribution in [0.5, 0.6) is 0 Å². The number of hydrogen-bond donors (Lipinski definition) is 0. The zero-order chi connectivity index (χ0) is 14.5. The van der Waals surface area contributed by atoms with Crippen molar-refractivity contribution in [2.75, 3.05) is 0 Å². The minimum absolute atomic E-state index is 1.04. The Bertz CT molecular complexity index is 251. The van der Waals surface area contributed by atoms with Crippen LogP contribution in [-0.4, -0.2) is 0 Å². The number of rotatable bonds is 12. The summed E-state index contributed by atoms with van der Waals surface area (Å²) in [4.78, 5) is 0. The summed E-state index contributed by atoms with van der Waals surface area (Å²) in [6.07, 6.45) is 25.0. The standard InChI is InChI=1S/C20H36/c1-3-5-7-9-11-13-16-20-18-14-17-19(20)15-12-10-8-6-4-2/h4,6,8,19-20H,2-3,5,7,9-18H2,1H3/t19-,20-/m0/s1. The predicted octanol–water partition coefficient (Wildman–Crippen LogP) is 7.07. The lowest BCUT2D eigenvalue weighted by Gasteiger charge is -2.19. The molecule has 1 aliphatic carbocycles. The average molecular weight is 277 g/mol. The van der Waals surface area contributed by atoms with E-state index in [9.17, 15) is 0 Å². The molecule has 0 unspecified atom stereocenters. The highest BCUT2D eigenvalue weighted by Crippen LogP contribution is 2.38. The summed E-state index contributed by atoms with van der Waals surface area (Å²) in [6, 6.07) is 0. The van der Waals surface area contributed by atoms with E-state index < -0.39 is 0 Å². The van der Waals surface area contributed by atoms with Gasteiger partial charge in [0.2, 0.25) is 0 Å². The highest BCUT2D eigenvalue weighted by Gasteiger charge is 2.25. The second kappa shape index (κ2) is 12.2. The second-order valence-electron chi connectivity index (χ2n) is 6.60. The average Bonchev–Trinajstić information content (AvgIpc) is 2.90. The van der Waals surface area contributed by atoms with E-state index in [4.69, 9.17) is 0 Å². The molecule has 1 fully saturated rings. The molecule has 0 bridgehead atoms. The maximum absolute atomic E-state index is 3.72. The van der Waals surface area contributed by atoms with Gasteiger partial charge in [-0.15, -0.1) is 0 Å². The van der Waals surface area contributed by atoms with Crippen LogP contribution in [0.3, 0.4) is 0 Å². The fourth-order valence-corrected chi connectivity index (χ4v) is 3.75. The van der Waals surface area contributed by atoms with Gasteiger partial charge in [-0.1, -0.05) is 95.9 Å². The molecular formula is C20H36. The zero-order valence-electron chi connectivity index (χ0n) is 13.8. The van der Waals surface area contributed by atoms with Gasteiger partial charge in [-0.25, -0.2) is 0 Å². The number of hydrogen-bond acceptors (Lipinski definition) is 0. The maximum Gasteiger partial charge on any atom is -0.0348 e. The van der Waals surface area contributed by atoms with Crippen molar-refractivity contribution in [3.05, 3.63) is 24.8 Å². The molecule has 0 amide bonds. The van der Waals surface area contributed by atoms with Crippen LogP contribution in [0.2, 0.25) is 0 Å². The molecule has 1 saturated carbocycles. The molecule has 0 aromatic carbocycles. The lowest BCUT2D eigenvalue weighted by Crippen LogP contribution is -2.07. The Hall–Kier alpha value is -0.520. The third-order valence-electron chi connectivity index (χ3n) is 4.96. The molecule has 0 heteroatoms. The molecule has 0 spiro atoms. The van der Waals surface area contributed by atoms with Gasteiger partial charge < -0.3 is 0 Å². The van der Waals surface area contributed by atoms with E-state index in [1.807, 2.05) is 6.08 Å². The van der Waals surface area contributed by atoms with E-state index in [2.05, 4.69) is 25.7 Å². The van der Waals surface area contributed by atoms with Gasteiger partial charge in [0.05, 0.1) is 0 Å². The third-order valence-corrected chi connectivity index (χ3v) is 4.96. The van der Waals surface area contributed by atoms with Gasteiger partial charge in [-0.2, -0.15) is 0 Å². The molecule has 0 heterocycles. The first-order valence-electron chi connectivity index (χ1n) is 9.16. The highest BCUT2D eigenvalue weighted by atomic mass is 14.3. The first-order valence-corrected chi connectivity index (χ1v) is 9.16. The van der Waals surface area contributed by atoms with Gasteiger partial charge in [0.15, 0.2) is 0 Å². The minimum atomic E-state index is 1.04. The molecule has 0 aromatic rings. The van der Waals surface area contributed by atoms with Crippen molar-refractivity contribution >= 4 is 0 Å². The van der Waals surface area contributed by atoms with E-state index in [1.165, 1.54) is 83.5 Å². The summed E-state index contributed by atoms with van der Waals surface area (Å²) in [5, 5.41) is 0. The number of allylic oxidation sites excluding steroid dienone is 3. The fraction of sp³-hybridized carbons (Fsp3) is 0.800. The predicted molar refractivity (Wildman–Crippen MR) is 92.0 cm³/mol. The minimum Gasteiger partial charge on any atom is -0.0991 e. The molecule has 0 radical (unpaired) electrons. The van der Waals surface area contributed by atoms with Gasteiger partial charge >= 0.3 is 0 Å². The smallest absolute Gasteiger partial charge is 0.0348 e. The van der Waals surface area contributed by atoms with Gasteiger partial charge in [-0.05, 0) is 31.1 Å². The summed E-state index contributed by atoms with van der Waals surface area (Å²) < 4.78 is 0. The van der Waals surface area contributed by atoms with Crippen molar-refractivity contribution in [1.29, 1.82) is 0 Å². The van der Waals surface area contributed by atoms with Crippen molar-refractivity contribution in [1.82, 2.24) is 0 Å². The molecule has 116 valence electrons. The Labute approximate surface area is 127 Å². The van der Waals surface area contributed by atoms with Crippen LogP contribution in [0.15, 0.2) is 24.8 Å². The van der Waals surface area contributed by atoms with Crippen LogP contribution in [0.1, 0.15) is 90.4 Å². The Kier molecular flexibility index (Phi) is 10.7. The monoisotopic (exact) mass is 276 g/mol. The zero-order valence-corrected chi connectivity index (χ0v) is 13.8. The Balaban J connectivity index is 2.05. The molecule has 0 nitrogen and oxygen atoms in total. The molecule has 0 N–H and O–H groups in total. The van der Waals surface area contributed by atoms with E-state index in [1.54, 1.807) is 0 Å². The van der Waals surface area contributed by atoms with Gasteiger partial charge in [-0.3, -0.25) is 0 Å². The van der Waals surface area contributed by atoms with E-state index in [0.717, 1.165) is 11.8 Å². The Morgan fingerprint density at radius 2 is 1.55 bits per heavy atom. The highest BCUT2D eigenvalue weighted by molar-refractivity contribution is 4.96. The Morgan fingerprint density at radius 3 is 2.25 bits per heavy atom. The molecule has 1 aliphatic rings. The lowest BCUT2D eigenvalue weighted by atomic mass is 9.87. The fourth-order valence-electron chi connectivity index (χ4n) is 3.75. The largest absolute Gasteiger partial charge is 0.0991 e. The first-order chi connectivity index (χ1) is 9.88. The second-order valence-corrected chi connectivity index (χ2v) is 6.60. The van der Waals surface area contributed by atoms with Crippen molar-refractivity contribution < 1.29 is 0 Å². The van der Waals surface area contributed by atoms with Crippen molar-refractivity contribution in [3.8, 4) is 0 Å². The van der Waals surface area contributed by atoms with E-state index in [0.29, 0.717) is 0 Å². The summed E-state index contributed by atoms with van der Waals surface area (Å²) in [5.41, 5.74) is 0. The van der Waals surface area contributed by atoms with Crippen LogP contribution in [0, 0.1) is 11.8 Å². The van der Waals surface area contributed by atoms with Crippen molar-refractivity contribution in [3.63, 3.8) is 0 Å². The first kappa shape index (κ1) is 17.5. The van der Waals surface area contributed by atoms with Crippen LogP contribution < -0.4 is 0 Å². The SMILES string of the molecule is C=CC=CCCC[C@H]1CCC[C@@H]1CCCCCCCC. The van der Waals surface area contributed by atoms with Crippen LogP contribution >= 0.6 is 0 Å². The van der Waals surface area contributed by atoms with Crippen LogP contribution in [-0.2, 0) is 0 Å². The van der Waals surface area contributed by atoms with E-state index in [-0.39, 0.29) is 0 Å².